The summed E-state index contributed by atoms with van der Waals surface area (Å²) in [6.45, 7) is 2.30. The minimum atomic E-state index is -0.351. The third kappa shape index (κ3) is 5.80. The smallest absolute Gasteiger partial charge is 0.243 e. The van der Waals surface area contributed by atoms with Crippen LogP contribution in [0.5, 0.6) is 0 Å². The summed E-state index contributed by atoms with van der Waals surface area (Å²) in [7, 11) is 6.69. The lowest BCUT2D eigenvalue weighted by Gasteiger charge is -2.37. The molecule has 0 aliphatic carbocycles. The molecule has 1 fully saturated rings. The molecule has 2 amide bonds. The highest BCUT2D eigenvalue weighted by atomic mass is 19.1. The zero-order chi connectivity index (χ0) is 20.7. The molecule has 2 heterocycles. The Morgan fingerprint density at radius 2 is 1.79 bits per heavy atom. The Bertz CT molecular complexity index is 716. The number of amides is 2. The lowest BCUT2D eigenvalue weighted by Crippen LogP contribution is -2.54. The number of halogens is 1. The number of guanidine groups is 1. The van der Waals surface area contributed by atoms with Gasteiger partial charge in [0.05, 0.1) is 6.54 Å². The number of anilines is 1. The number of carbonyl (C=O) groups excluding carboxylic acids is 2. The summed E-state index contributed by atoms with van der Waals surface area (Å²) in [5, 5.41) is 3.04. The molecule has 0 bridgehead atoms. The first kappa shape index (κ1) is 21.4. The van der Waals surface area contributed by atoms with Crippen molar-refractivity contribution in [2.24, 2.45) is 4.99 Å². The Kier molecular flexibility index (Phi) is 7.53. The zero-order valence-electron chi connectivity index (χ0n) is 16.9. The standard InChI is InChI=1S/C18H28FN7O2/c1-23(2)15(27)12-21-18(22-13-16(28)24(3)4)26-10-8-25(9-11-26)17-14(19)6-5-7-20-17/h5-7H,8-13H2,1-4H3,(H,21,22). The maximum absolute atomic E-state index is 14.0. The topological polar surface area (TPSA) is 84.4 Å². The second-order valence-corrected chi connectivity index (χ2v) is 6.85. The van der Waals surface area contributed by atoms with Crippen molar-refractivity contribution in [3.63, 3.8) is 0 Å². The van der Waals surface area contributed by atoms with Gasteiger partial charge in [0.25, 0.3) is 0 Å². The summed E-state index contributed by atoms with van der Waals surface area (Å²) in [6, 6.07) is 2.95. The maximum Gasteiger partial charge on any atom is 0.243 e. The van der Waals surface area contributed by atoms with Crippen molar-refractivity contribution in [3.05, 3.63) is 24.1 Å². The Labute approximate surface area is 164 Å². The van der Waals surface area contributed by atoms with Gasteiger partial charge in [0.1, 0.15) is 6.54 Å². The van der Waals surface area contributed by atoms with Crippen LogP contribution in [0.1, 0.15) is 0 Å². The quantitative estimate of drug-likeness (QED) is 0.535. The first-order valence-corrected chi connectivity index (χ1v) is 9.08. The molecule has 0 unspecified atom stereocenters. The molecule has 10 heteroatoms. The van der Waals surface area contributed by atoms with Gasteiger partial charge in [0.2, 0.25) is 11.8 Å². The summed E-state index contributed by atoms with van der Waals surface area (Å²) in [4.78, 5) is 39.1. The normalized spacial score (nSPS) is 14.7. The Hall–Kier alpha value is -2.91. The fraction of sp³-hybridized carbons (Fsp3) is 0.556. The monoisotopic (exact) mass is 393 g/mol. The molecule has 2 rings (SSSR count). The average molecular weight is 393 g/mol. The number of hydrogen-bond donors (Lipinski definition) is 1. The van der Waals surface area contributed by atoms with E-state index in [-0.39, 0.29) is 30.7 Å². The number of pyridine rings is 1. The number of aliphatic imine (C=N–C) groups is 1. The van der Waals surface area contributed by atoms with Crippen LogP contribution in [-0.2, 0) is 9.59 Å². The molecule has 0 atom stereocenters. The highest BCUT2D eigenvalue weighted by Gasteiger charge is 2.23. The van der Waals surface area contributed by atoms with Crippen molar-refractivity contribution < 1.29 is 14.0 Å². The highest BCUT2D eigenvalue weighted by molar-refractivity contribution is 5.88. The van der Waals surface area contributed by atoms with Gasteiger partial charge in [-0.3, -0.25) is 9.59 Å². The second-order valence-electron chi connectivity index (χ2n) is 6.85. The SMILES string of the molecule is CN(C)C(=O)CN=C(NCC(=O)N(C)C)N1CCN(c2ncccc2F)CC1. The van der Waals surface area contributed by atoms with Gasteiger partial charge in [-0.25, -0.2) is 14.4 Å². The van der Waals surface area contributed by atoms with Gasteiger partial charge < -0.3 is 24.9 Å². The molecule has 154 valence electrons. The lowest BCUT2D eigenvalue weighted by atomic mass is 10.3. The summed E-state index contributed by atoms with van der Waals surface area (Å²) in [5.41, 5.74) is 0. The summed E-state index contributed by atoms with van der Waals surface area (Å²) in [6.07, 6.45) is 1.57. The van der Waals surface area contributed by atoms with Crippen LogP contribution < -0.4 is 10.2 Å². The number of aromatic nitrogens is 1. The molecule has 1 aliphatic heterocycles. The van der Waals surface area contributed by atoms with Gasteiger partial charge in [-0.15, -0.1) is 0 Å². The molecule has 1 N–H and O–H groups in total. The van der Waals surface area contributed by atoms with Crippen LogP contribution in [0.15, 0.2) is 23.3 Å². The predicted octanol–water partition coefficient (Wildman–Crippen LogP) is -0.535. The molecule has 1 aromatic rings. The predicted molar refractivity (Wildman–Crippen MR) is 106 cm³/mol. The molecule has 1 saturated heterocycles. The zero-order valence-corrected chi connectivity index (χ0v) is 16.9. The van der Waals surface area contributed by atoms with Crippen LogP contribution in [0.2, 0.25) is 0 Å². The van der Waals surface area contributed by atoms with Crippen LogP contribution in [0, 0.1) is 5.82 Å². The van der Waals surface area contributed by atoms with E-state index in [4.69, 9.17) is 0 Å². The Balaban J connectivity index is 2.04. The van der Waals surface area contributed by atoms with Crippen LogP contribution >= 0.6 is 0 Å². The average Bonchev–Trinajstić information content (AvgIpc) is 2.68. The van der Waals surface area contributed by atoms with E-state index < -0.39 is 0 Å². The number of likely N-dealkylation sites (N-methyl/N-ethyl adjacent to an activating group) is 2. The first-order valence-electron chi connectivity index (χ1n) is 9.08. The fourth-order valence-electron chi connectivity index (χ4n) is 2.60. The molecular weight excluding hydrogens is 365 g/mol. The van der Waals surface area contributed by atoms with Gasteiger partial charge in [-0.2, -0.15) is 0 Å². The molecule has 1 aliphatic rings. The molecule has 1 aromatic heterocycles. The highest BCUT2D eigenvalue weighted by Crippen LogP contribution is 2.17. The third-order valence-corrected chi connectivity index (χ3v) is 4.38. The van der Waals surface area contributed by atoms with E-state index in [0.29, 0.717) is 38.0 Å². The van der Waals surface area contributed by atoms with E-state index >= 15 is 0 Å². The first-order chi connectivity index (χ1) is 13.3. The molecule has 0 spiro atoms. The number of nitrogens with zero attached hydrogens (tertiary/aromatic N) is 6. The van der Waals surface area contributed by atoms with Crippen molar-refractivity contribution in [3.8, 4) is 0 Å². The van der Waals surface area contributed by atoms with Crippen molar-refractivity contribution in [2.45, 2.75) is 0 Å². The molecule has 9 nitrogen and oxygen atoms in total. The van der Waals surface area contributed by atoms with E-state index in [0.717, 1.165) is 0 Å². The minimum Gasteiger partial charge on any atom is -0.351 e. The summed E-state index contributed by atoms with van der Waals surface area (Å²) in [5.74, 6) is 0.245. The van der Waals surface area contributed by atoms with E-state index in [2.05, 4.69) is 15.3 Å². The largest absolute Gasteiger partial charge is 0.351 e. The van der Waals surface area contributed by atoms with Crippen molar-refractivity contribution in [1.29, 1.82) is 0 Å². The van der Waals surface area contributed by atoms with E-state index in [1.54, 1.807) is 40.5 Å². The summed E-state index contributed by atoms with van der Waals surface area (Å²) < 4.78 is 14.0. The second kappa shape index (κ2) is 9.86. The minimum absolute atomic E-state index is 0.0133. The van der Waals surface area contributed by atoms with Crippen LogP contribution in [0.3, 0.4) is 0 Å². The lowest BCUT2D eigenvalue weighted by molar-refractivity contribution is -0.127. The fourth-order valence-corrected chi connectivity index (χ4v) is 2.60. The number of carbonyl (C=O) groups is 2. The van der Waals surface area contributed by atoms with E-state index in [1.807, 2.05) is 9.80 Å². The van der Waals surface area contributed by atoms with E-state index in [9.17, 15) is 14.0 Å². The van der Waals surface area contributed by atoms with E-state index in [1.165, 1.54) is 15.9 Å². The van der Waals surface area contributed by atoms with Gasteiger partial charge in [-0.05, 0) is 12.1 Å². The van der Waals surface area contributed by atoms with Gasteiger partial charge in [-0.1, -0.05) is 0 Å². The molecule has 0 radical (unpaired) electrons. The number of rotatable bonds is 5. The summed E-state index contributed by atoms with van der Waals surface area (Å²) >= 11 is 0. The van der Waals surface area contributed by atoms with Crippen LogP contribution in [0.4, 0.5) is 10.2 Å². The number of piperazine rings is 1. The number of nitrogens with one attached hydrogen (secondary N) is 1. The Morgan fingerprint density at radius 1 is 1.14 bits per heavy atom. The van der Waals surface area contributed by atoms with Crippen LogP contribution in [0.25, 0.3) is 0 Å². The van der Waals surface area contributed by atoms with Gasteiger partial charge in [0, 0.05) is 60.6 Å². The van der Waals surface area contributed by atoms with Gasteiger partial charge in [0.15, 0.2) is 17.6 Å². The molecular formula is C18H28FN7O2. The van der Waals surface area contributed by atoms with Crippen LogP contribution in [-0.4, -0.2) is 105 Å². The molecule has 28 heavy (non-hydrogen) atoms. The van der Waals surface area contributed by atoms with Crippen molar-refractivity contribution >= 4 is 23.6 Å². The van der Waals surface area contributed by atoms with Crippen molar-refractivity contribution in [2.75, 3.05) is 72.4 Å². The van der Waals surface area contributed by atoms with Crippen molar-refractivity contribution in [1.82, 2.24) is 25.0 Å². The molecule has 0 aromatic carbocycles. The third-order valence-electron chi connectivity index (χ3n) is 4.38. The maximum atomic E-state index is 14.0. The Morgan fingerprint density at radius 3 is 2.36 bits per heavy atom. The van der Waals surface area contributed by atoms with Gasteiger partial charge >= 0.3 is 0 Å². The molecule has 0 saturated carbocycles. The number of hydrogen-bond acceptors (Lipinski definition) is 5.